The van der Waals surface area contributed by atoms with Crippen LogP contribution >= 0.6 is 12.4 Å². The first-order valence-corrected chi connectivity index (χ1v) is 12.5. The molecule has 1 aliphatic rings. The topological polar surface area (TPSA) is 85.7 Å². The number of amides is 2. The van der Waals surface area contributed by atoms with E-state index in [4.69, 9.17) is 0 Å². The van der Waals surface area contributed by atoms with Gasteiger partial charge in [0.25, 0.3) is 5.91 Å². The molecule has 2 amide bonds. The van der Waals surface area contributed by atoms with Crippen molar-refractivity contribution in [1.82, 2.24) is 30.0 Å². The first-order valence-electron chi connectivity index (χ1n) is 12.5. The lowest BCUT2D eigenvalue weighted by Gasteiger charge is -2.31. The summed E-state index contributed by atoms with van der Waals surface area (Å²) in [7, 11) is 3.71. The maximum atomic E-state index is 13.2. The minimum Gasteiger partial charge on any atom is -0.376 e. The second-order valence-electron chi connectivity index (χ2n) is 9.42. The van der Waals surface area contributed by atoms with Gasteiger partial charge in [0.05, 0.1) is 17.8 Å². The van der Waals surface area contributed by atoms with Crippen molar-refractivity contribution in [2.45, 2.75) is 33.9 Å². The lowest BCUT2D eigenvalue weighted by Crippen LogP contribution is -2.49. The normalized spacial score (nSPS) is 12.8. The molecule has 200 valence electrons. The molecule has 0 bridgehead atoms. The monoisotopic (exact) mass is 527 g/mol. The van der Waals surface area contributed by atoms with Gasteiger partial charge in [-0.3, -0.25) is 19.3 Å². The zero-order valence-electron chi connectivity index (χ0n) is 22.4. The van der Waals surface area contributed by atoms with Crippen LogP contribution in [0.3, 0.4) is 0 Å². The Morgan fingerprint density at radius 1 is 1.08 bits per heavy atom. The smallest absolute Gasteiger partial charge is 0.256 e. The van der Waals surface area contributed by atoms with Crippen LogP contribution in [0, 0.1) is 13.8 Å². The van der Waals surface area contributed by atoms with E-state index < -0.39 is 0 Å². The summed E-state index contributed by atoms with van der Waals surface area (Å²) >= 11 is 0. The second kappa shape index (κ2) is 12.4. The molecule has 2 N–H and O–H groups in total. The average molecular weight is 528 g/mol. The standard InChI is InChI=1S/C27H37N7O2.ClH/c1-6-28-11-12-33(18-27(36)32(5)34-16-21-9-7-8-10-22(21)17-34)26(35)15-29-24-14-25-23(13-19(24)2)20(3)30-31(25)4;/h7-10,13-14,28-29H,6,11-12,15-18H2,1-5H3;1H. The van der Waals surface area contributed by atoms with E-state index in [1.54, 1.807) is 17.0 Å². The lowest BCUT2D eigenvalue weighted by atomic mass is 10.1. The van der Waals surface area contributed by atoms with Gasteiger partial charge in [-0.2, -0.15) is 5.10 Å². The number of hydrogen-bond acceptors (Lipinski definition) is 6. The zero-order valence-corrected chi connectivity index (χ0v) is 23.2. The van der Waals surface area contributed by atoms with Crippen molar-refractivity contribution in [3.05, 3.63) is 58.8 Å². The molecule has 0 saturated carbocycles. The third kappa shape index (κ3) is 6.41. The molecule has 0 spiro atoms. The number of aryl methyl sites for hydroxylation is 3. The molecule has 2 heterocycles. The number of anilines is 1. The van der Waals surface area contributed by atoms with E-state index in [1.807, 2.05) is 55.7 Å². The highest BCUT2D eigenvalue weighted by atomic mass is 35.5. The van der Waals surface area contributed by atoms with Crippen LogP contribution < -0.4 is 10.6 Å². The predicted molar refractivity (Wildman–Crippen MR) is 150 cm³/mol. The van der Waals surface area contributed by atoms with Crippen molar-refractivity contribution < 1.29 is 9.59 Å². The molecule has 1 aliphatic heterocycles. The quantitative estimate of drug-likeness (QED) is 0.394. The second-order valence-corrected chi connectivity index (χ2v) is 9.42. The molecule has 0 saturated heterocycles. The number of nitrogens with one attached hydrogen (secondary N) is 2. The molecule has 1 aromatic heterocycles. The van der Waals surface area contributed by atoms with Gasteiger partial charge < -0.3 is 15.5 Å². The van der Waals surface area contributed by atoms with Crippen molar-refractivity contribution >= 4 is 40.8 Å². The summed E-state index contributed by atoms with van der Waals surface area (Å²) < 4.78 is 1.85. The Hall–Kier alpha value is -3.14. The van der Waals surface area contributed by atoms with E-state index in [9.17, 15) is 9.59 Å². The molecule has 3 aromatic rings. The van der Waals surface area contributed by atoms with Crippen LogP contribution in [0.15, 0.2) is 36.4 Å². The summed E-state index contributed by atoms with van der Waals surface area (Å²) in [5.74, 6) is -0.212. The molecule has 4 rings (SSSR count). The van der Waals surface area contributed by atoms with Gasteiger partial charge in [-0.25, -0.2) is 5.01 Å². The van der Waals surface area contributed by atoms with E-state index in [0.29, 0.717) is 26.2 Å². The first kappa shape index (κ1) is 28.4. The van der Waals surface area contributed by atoms with E-state index in [0.717, 1.165) is 34.4 Å². The van der Waals surface area contributed by atoms with Gasteiger partial charge in [0, 0.05) is 51.3 Å². The van der Waals surface area contributed by atoms with Gasteiger partial charge in [-0.1, -0.05) is 31.2 Å². The number of rotatable bonds is 10. The van der Waals surface area contributed by atoms with Crippen LogP contribution in [0.25, 0.3) is 10.9 Å². The zero-order chi connectivity index (χ0) is 25.8. The minimum atomic E-state index is -0.111. The van der Waals surface area contributed by atoms with Gasteiger partial charge >= 0.3 is 0 Å². The summed E-state index contributed by atoms with van der Waals surface area (Å²) in [6.45, 7) is 9.49. The number of hydrazine groups is 1. The fourth-order valence-corrected chi connectivity index (χ4v) is 4.69. The van der Waals surface area contributed by atoms with Crippen LogP contribution in [-0.2, 0) is 29.7 Å². The number of likely N-dealkylation sites (N-methyl/N-ethyl adjacent to an activating group) is 2. The summed E-state index contributed by atoms with van der Waals surface area (Å²) in [4.78, 5) is 28.1. The number of fused-ring (bicyclic) bond motifs is 2. The largest absolute Gasteiger partial charge is 0.376 e. The summed E-state index contributed by atoms with van der Waals surface area (Å²) in [6.07, 6.45) is 0. The Kier molecular flexibility index (Phi) is 9.53. The van der Waals surface area contributed by atoms with Crippen LogP contribution in [0.2, 0.25) is 0 Å². The number of halogens is 1. The molecule has 0 radical (unpaired) electrons. The van der Waals surface area contributed by atoms with Crippen LogP contribution in [0.1, 0.15) is 29.3 Å². The molecular weight excluding hydrogens is 490 g/mol. The summed E-state index contributed by atoms with van der Waals surface area (Å²) in [5.41, 5.74) is 6.41. The van der Waals surface area contributed by atoms with E-state index in [-0.39, 0.29) is 37.3 Å². The molecule has 37 heavy (non-hydrogen) atoms. The molecular formula is C27H38ClN7O2. The van der Waals surface area contributed by atoms with Crippen molar-refractivity contribution in [2.75, 3.05) is 45.1 Å². The number of nitrogens with zero attached hydrogens (tertiary/aromatic N) is 5. The maximum Gasteiger partial charge on any atom is 0.256 e. The van der Waals surface area contributed by atoms with E-state index in [2.05, 4.69) is 33.9 Å². The Morgan fingerprint density at radius 3 is 2.41 bits per heavy atom. The number of benzene rings is 2. The Bertz CT molecular complexity index is 1230. The molecule has 0 fully saturated rings. The van der Waals surface area contributed by atoms with Crippen molar-refractivity contribution in [3.8, 4) is 0 Å². The summed E-state index contributed by atoms with van der Waals surface area (Å²) in [5, 5.41) is 15.8. The number of aromatic nitrogens is 2. The highest BCUT2D eigenvalue weighted by Crippen LogP contribution is 2.26. The number of hydrogen-bond donors (Lipinski definition) is 2. The van der Waals surface area contributed by atoms with Crippen molar-refractivity contribution in [2.24, 2.45) is 7.05 Å². The third-order valence-corrected chi connectivity index (χ3v) is 6.91. The fourth-order valence-electron chi connectivity index (χ4n) is 4.69. The van der Waals surface area contributed by atoms with E-state index >= 15 is 0 Å². The van der Waals surface area contributed by atoms with Crippen LogP contribution in [0.5, 0.6) is 0 Å². The van der Waals surface area contributed by atoms with Crippen LogP contribution in [0.4, 0.5) is 5.69 Å². The van der Waals surface area contributed by atoms with E-state index in [1.165, 1.54) is 11.1 Å². The molecule has 0 atom stereocenters. The molecule has 9 nitrogen and oxygen atoms in total. The summed E-state index contributed by atoms with van der Waals surface area (Å²) in [6, 6.07) is 12.4. The Balaban J connectivity index is 0.00000380. The molecule has 2 aromatic carbocycles. The number of carbonyl (C=O) groups is 2. The first-order chi connectivity index (χ1) is 17.3. The van der Waals surface area contributed by atoms with Gasteiger partial charge in [0.15, 0.2) is 0 Å². The molecule has 0 aliphatic carbocycles. The highest BCUT2D eigenvalue weighted by molar-refractivity contribution is 5.89. The maximum absolute atomic E-state index is 13.2. The van der Waals surface area contributed by atoms with Crippen molar-refractivity contribution in [3.63, 3.8) is 0 Å². The lowest BCUT2D eigenvalue weighted by molar-refractivity contribution is -0.151. The van der Waals surface area contributed by atoms with Gasteiger partial charge in [0.1, 0.15) is 6.54 Å². The van der Waals surface area contributed by atoms with Gasteiger partial charge in [0.2, 0.25) is 5.91 Å². The molecule has 10 heteroatoms. The SMILES string of the molecule is CCNCCN(CC(=O)N(C)N1Cc2ccccc2C1)C(=O)CNc1cc2c(cc1C)c(C)nn2C.Cl. The fraction of sp³-hybridized carbons (Fsp3) is 0.444. The van der Waals surface area contributed by atoms with Crippen LogP contribution in [-0.4, -0.2) is 76.3 Å². The average Bonchev–Trinajstić information content (AvgIpc) is 3.41. The van der Waals surface area contributed by atoms with Gasteiger partial charge in [-0.15, -0.1) is 12.4 Å². The Labute approximate surface area is 225 Å². The van der Waals surface area contributed by atoms with Gasteiger partial charge in [-0.05, 0) is 49.2 Å². The minimum absolute atomic E-state index is 0. The molecule has 0 unspecified atom stereocenters. The van der Waals surface area contributed by atoms with Crippen molar-refractivity contribution in [1.29, 1.82) is 0 Å². The third-order valence-electron chi connectivity index (χ3n) is 6.91. The number of carbonyl (C=O) groups excluding carboxylic acids is 2. The predicted octanol–water partition coefficient (Wildman–Crippen LogP) is 2.85. The Morgan fingerprint density at radius 2 is 1.76 bits per heavy atom. The highest BCUT2D eigenvalue weighted by Gasteiger charge is 2.27.